The standard InChI is InChI=1S/C26H22F2N2O3/c1-3-13-33-20-10-7-17(8-11-20)23-24(29-18-9-12-21(27)22(28)15-18)26(32)30(25(23)31)19-6-4-5-16(2)14-19/h4-12,14-15,29H,3,13H2,1-2H3. The predicted octanol–water partition coefficient (Wildman–Crippen LogP) is 5.46. The van der Waals surface area contributed by atoms with E-state index in [1.165, 1.54) is 6.07 Å². The first kappa shape index (κ1) is 22.2. The van der Waals surface area contributed by atoms with Crippen LogP contribution in [0.15, 0.2) is 72.4 Å². The summed E-state index contributed by atoms with van der Waals surface area (Å²) in [6.45, 7) is 4.42. The van der Waals surface area contributed by atoms with Crippen LogP contribution in [0.2, 0.25) is 0 Å². The minimum Gasteiger partial charge on any atom is -0.494 e. The molecule has 5 nitrogen and oxygen atoms in total. The van der Waals surface area contributed by atoms with Crippen molar-refractivity contribution in [2.24, 2.45) is 0 Å². The fourth-order valence-corrected chi connectivity index (χ4v) is 3.57. The molecule has 0 saturated carbocycles. The van der Waals surface area contributed by atoms with Crippen LogP contribution in [0.25, 0.3) is 5.57 Å². The van der Waals surface area contributed by atoms with Crippen LogP contribution in [0.4, 0.5) is 20.2 Å². The molecule has 0 spiro atoms. The van der Waals surface area contributed by atoms with Gasteiger partial charge in [-0.25, -0.2) is 13.7 Å². The molecule has 33 heavy (non-hydrogen) atoms. The second kappa shape index (κ2) is 9.24. The SMILES string of the molecule is CCCOc1ccc(C2=C(Nc3ccc(F)c(F)c3)C(=O)N(c3cccc(C)c3)C2=O)cc1. The molecule has 1 aliphatic rings. The molecule has 0 aromatic heterocycles. The van der Waals surface area contributed by atoms with Crippen LogP contribution >= 0.6 is 0 Å². The molecule has 1 heterocycles. The average molecular weight is 448 g/mol. The van der Waals surface area contributed by atoms with Crippen LogP contribution in [0.5, 0.6) is 5.75 Å². The Hall–Kier alpha value is -4.00. The first-order chi connectivity index (χ1) is 15.9. The second-order valence-electron chi connectivity index (χ2n) is 7.66. The van der Waals surface area contributed by atoms with Gasteiger partial charge in [0.05, 0.1) is 17.9 Å². The number of hydrogen-bond donors (Lipinski definition) is 1. The normalized spacial score (nSPS) is 13.6. The lowest BCUT2D eigenvalue weighted by Crippen LogP contribution is -2.32. The monoisotopic (exact) mass is 448 g/mol. The lowest BCUT2D eigenvalue weighted by molar-refractivity contribution is -0.120. The second-order valence-corrected chi connectivity index (χ2v) is 7.66. The van der Waals surface area contributed by atoms with Gasteiger partial charge in [0.2, 0.25) is 0 Å². The van der Waals surface area contributed by atoms with Crippen molar-refractivity contribution in [2.45, 2.75) is 20.3 Å². The van der Waals surface area contributed by atoms with E-state index in [-0.39, 0.29) is 17.0 Å². The Labute approximate surface area is 190 Å². The highest BCUT2D eigenvalue weighted by Gasteiger charge is 2.40. The number of imide groups is 1. The number of carbonyl (C=O) groups excluding carboxylic acids is 2. The van der Waals surface area contributed by atoms with Crippen molar-refractivity contribution in [3.05, 3.63) is 95.2 Å². The molecule has 2 amide bonds. The van der Waals surface area contributed by atoms with Crippen molar-refractivity contribution in [3.8, 4) is 5.75 Å². The van der Waals surface area contributed by atoms with E-state index in [4.69, 9.17) is 4.74 Å². The molecule has 0 atom stereocenters. The zero-order valence-electron chi connectivity index (χ0n) is 18.2. The van der Waals surface area contributed by atoms with Crippen molar-refractivity contribution in [2.75, 3.05) is 16.8 Å². The Morgan fingerprint density at radius 3 is 2.33 bits per heavy atom. The smallest absolute Gasteiger partial charge is 0.282 e. The van der Waals surface area contributed by atoms with Crippen LogP contribution < -0.4 is 15.0 Å². The maximum atomic E-state index is 13.8. The van der Waals surface area contributed by atoms with Gasteiger partial charge in [0.15, 0.2) is 11.6 Å². The van der Waals surface area contributed by atoms with Gasteiger partial charge in [-0.2, -0.15) is 0 Å². The van der Waals surface area contributed by atoms with E-state index in [9.17, 15) is 18.4 Å². The summed E-state index contributed by atoms with van der Waals surface area (Å²) in [4.78, 5) is 27.9. The molecule has 7 heteroatoms. The molecule has 1 N–H and O–H groups in total. The highest BCUT2D eigenvalue weighted by molar-refractivity contribution is 6.46. The van der Waals surface area contributed by atoms with Crippen LogP contribution in [0.3, 0.4) is 0 Å². The first-order valence-electron chi connectivity index (χ1n) is 10.5. The van der Waals surface area contributed by atoms with E-state index in [0.29, 0.717) is 23.6 Å². The lowest BCUT2D eigenvalue weighted by atomic mass is 10.0. The topological polar surface area (TPSA) is 58.6 Å². The number of nitrogens with zero attached hydrogens (tertiary/aromatic N) is 1. The molecule has 0 radical (unpaired) electrons. The van der Waals surface area contributed by atoms with Crippen molar-refractivity contribution in [1.82, 2.24) is 0 Å². The molecule has 168 valence electrons. The molecule has 1 aliphatic heterocycles. The van der Waals surface area contributed by atoms with Gasteiger partial charge in [-0.1, -0.05) is 31.2 Å². The number of halogens is 2. The minimum absolute atomic E-state index is 0.0188. The molecule has 0 aliphatic carbocycles. The van der Waals surface area contributed by atoms with Crippen LogP contribution in [0, 0.1) is 18.6 Å². The summed E-state index contributed by atoms with van der Waals surface area (Å²) in [6, 6.07) is 17.0. The molecule has 0 fully saturated rings. The maximum absolute atomic E-state index is 13.8. The minimum atomic E-state index is -1.06. The Kier molecular flexibility index (Phi) is 6.22. The van der Waals surface area contributed by atoms with E-state index in [0.717, 1.165) is 29.0 Å². The van der Waals surface area contributed by atoms with Crippen LogP contribution in [-0.4, -0.2) is 18.4 Å². The maximum Gasteiger partial charge on any atom is 0.282 e. The number of carbonyl (C=O) groups is 2. The summed E-state index contributed by atoms with van der Waals surface area (Å²) in [5.41, 5.74) is 2.07. The Morgan fingerprint density at radius 2 is 1.67 bits per heavy atom. The summed E-state index contributed by atoms with van der Waals surface area (Å²) in [7, 11) is 0. The number of nitrogens with one attached hydrogen (secondary N) is 1. The van der Waals surface area contributed by atoms with Gasteiger partial charge in [0.1, 0.15) is 11.4 Å². The largest absolute Gasteiger partial charge is 0.494 e. The van der Waals surface area contributed by atoms with Gasteiger partial charge in [-0.05, 0) is 60.9 Å². The number of aryl methyl sites for hydroxylation is 1. The highest BCUT2D eigenvalue weighted by Crippen LogP contribution is 2.34. The van der Waals surface area contributed by atoms with Crippen LogP contribution in [0.1, 0.15) is 24.5 Å². The zero-order chi connectivity index (χ0) is 23.5. The van der Waals surface area contributed by atoms with Crippen molar-refractivity contribution < 1.29 is 23.1 Å². The summed E-state index contributed by atoms with van der Waals surface area (Å²) >= 11 is 0. The number of anilines is 2. The van der Waals surface area contributed by atoms with Gasteiger partial charge in [-0.15, -0.1) is 0 Å². The fraction of sp³-hybridized carbons (Fsp3) is 0.154. The number of ether oxygens (including phenoxy) is 1. The van der Waals surface area contributed by atoms with Gasteiger partial charge in [0.25, 0.3) is 11.8 Å². The molecule has 4 rings (SSSR count). The summed E-state index contributed by atoms with van der Waals surface area (Å²) < 4.78 is 32.8. The average Bonchev–Trinajstić information content (AvgIpc) is 3.04. The molecule has 0 unspecified atom stereocenters. The highest BCUT2D eigenvalue weighted by atomic mass is 19.2. The van der Waals surface area contributed by atoms with Crippen molar-refractivity contribution in [3.63, 3.8) is 0 Å². The molecular formula is C26H22F2N2O3. The molecule has 0 saturated heterocycles. The third kappa shape index (κ3) is 4.48. The quantitative estimate of drug-likeness (QED) is 0.488. The number of benzene rings is 3. The van der Waals surface area contributed by atoms with E-state index < -0.39 is 23.4 Å². The Balaban J connectivity index is 1.77. The van der Waals surface area contributed by atoms with E-state index >= 15 is 0 Å². The lowest BCUT2D eigenvalue weighted by Gasteiger charge is -2.16. The Morgan fingerprint density at radius 1 is 0.909 bits per heavy atom. The van der Waals surface area contributed by atoms with E-state index in [1.807, 2.05) is 19.9 Å². The summed E-state index contributed by atoms with van der Waals surface area (Å²) in [6.07, 6.45) is 0.855. The van der Waals surface area contributed by atoms with Gasteiger partial charge in [0, 0.05) is 11.8 Å². The molecule has 0 bridgehead atoms. The number of rotatable bonds is 7. The fourth-order valence-electron chi connectivity index (χ4n) is 3.57. The van der Waals surface area contributed by atoms with Gasteiger partial charge >= 0.3 is 0 Å². The number of hydrogen-bond acceptors (Lipinski definition) is 4. The molecule has 3 aromatic carbocycles. The number of amides is 2. The first-order valence-corrected chi connectivity index (χ1v) is 10.5. The van der Waals surface area contributed by atoms with Crippen molar-refractivity contribution in [1.29, 1.82) is 0 Å². The van der Waals surface area contributed by atoms with Gasteiger partial charge < -0.3 is 10.1 Å². The zero-order valence-corrected chi connectivity index (χ0v) is 18.2. The van der Waals surface area contributed by atoms with E-state index in [1.54, 1.807) is 42.5 Å². The summed E-state index contributed by atoms with van der Waals surface area (Å²) in [5, 5.41) is 2.83. The molecular weight excluding hydrogens is 426 g/mol. The van der Waals surface area contributed by atoms with Crippen LogP contribution in [-0.2, 0) is 9.59 Å². The summed E-state index contributed by atoms with van der Waals surface area (Å²) in [5.74, 6) is -2.53. The third-order valence-corrected chi connectivity index (χ3v) is 5.15. The predicted molar refractivity (Wildman–Crippen MR) is 123 cm³/mol. The van der Waals surface area contributed by atoms with Gasteiger partial charge in [-0.3, -0.25) is 9.59 Å². The Bertz CT molecular complexity index is 1250. The van der Waals surface area contributed by atoms with Crippen molar-refractivity contribution >= 4 is 28.8 Å². The third-order valence-electron chi connectivity index (χ3n) is 5.15. The molecule has 3 aromatic rings. The van der Waals surface area contributed by atoms with E-state index in [2.05, 4.69) is 5.32 Å².